The molecule has 0 unspecified atom stereocenters. The zero-order valence-electron chi connectivity index (χ0n) is 15.6. The topological polar surface area (TPSA) is 85.8 Å². The summed E-state index contributed by atoms with van der Waals surface area (Å²) in [6.45, 7) is 2.05. The summed E-state index contributed by atoms with van der Waals surface area (Å²) in [4.78, 5) is 42.3. The molecule has 7 nitrogen and oxygen atoms in total. The van der Waals surface area contributed by atoms with Gasteiger partial charge in [-0.05, 0) is 44.4 Å². The van der Waals surface area contributed by atoms with E-state index in [1.54, 1.807) is 13.0 Å². The van der Waals surface area contributed by atoms with E-state index in [0.29, 0.717) is 18.0 Å². The number of thiazole rings is 1. The predicted octanol–water partition coefficient (Wildman–Crippen LogP) is 2.80. The fraction of sp³-hybridized carbons (Fsp3) is 0.400. The molecule has 2 aromatic rings. The third-order valence-corrected chi connectivity index (χ3v) is 5.39. The van der Waals surface area contributed by atoms with Gasteiger partial charge in [0.2, 0.25) is 0 Å². The standard InChI is InChI=1S/C20H22N2O5S/c1-2-26-20(25)15-8-5-6-12-22(15)18(23)13-27-19(24)11-10-17-21-14-7-3-4-9-16(14)28-17/h3-4,7,9-11,15H,2,5-6,8,12-13H2,1H3/b11-10+/t15-/m1/s1. The van der Waals surface area contributed by atoms with Gasteiger partial charge in [0.25, 0.3) is 5.91 Å². The minimum Gasteiger partial charge on any atom is -0.464 e. The third-order valence-electron chi connectivity index (χ3n) is 4.39. The van der Waals surface area contributed by atoms with Gasteiger partial charge in [0.15, 0.2) is 6.61 Å². The third kappa shape index (κ3) is 4.95. The molecule has 1 atom stereocenters. The number of aromatic nitrogens is 1. The van der Waals surface area contributed by atoms with Gasteiger partial charge in [-0.3, -0.25) is 4.79 Å². The number of amides is 1. The zero-order chi connectivity index (χ0) is 19.9. The highest BCUT2D eigenvalue weighted by atomic mass is 32.1. The number of ether oxygens (including phenoxy) is 2. The smallest absolute Gasteiger partial charge is 0.331 e. The number of hydrogen-bond donors (Lipinski definition) is 0. The van der Waals surface area contributed by atoms with Crippen LogP contribution in [0.1, 0.15) is 31.2 Å². The predicted molar refractivity (Wildman–Crippen MR) is 106 cm³/mol. The Bertz CT molecular complexity index is 859. The second-order valence-corrected chi connectivity index (χ2v) is 7.37. The number of carbonyl (C=O) groups excluding carboxylic acids is 3. The highest BCUT2D eigenvalue weighted by molar-refractivity contribution is 7.19. The molecule has 0 radical (unpaired) electrons. The van der Waals surface area contributed by atoms with Gasteiger partial charge in [0.1, 0.15) is 11.0 Å². The first-order valence-electron chi connectivity index (χ1n) is 9.25. The molecule has 1 aromatic carbocycles. The number of likely N-dealkylation sites (tertiary alicyclic amines) is 1. The Morgan fingerprint density at radius 1 is 1.25 bits per heavy atom. The van der Waals surface area contributed by atoms with E-state index in [1.807, 2.05) is 24.3 Å². The van der Waals surface area contributed by atoms with Crippen LogP contribution >= 0.6 is 11.3 Å². The van der Waals surface area contributed by atoms with Gasteiger partial charge in [-0.2, -0.15) is 0 Å². The fourth-order valence-corrected chi connectivity index (χ4v) is 3.95. The summed E-state index contributed by atoms with van der Waals surface area (Å²) >= 11 is 1.46. The van der Waals surface area contributed by atoms with Gasteiger partial charge in [0.05, 0.1) is 16.8 Å². The molecule has 1 saturated heterocycles. The second kappa shape index (κ2) is 9.45. The van der Waals surface area contributed by atoms with E-state index in [2.05, 4.69) is 4.98 Å². The van der Waals surface area contributed by atoms with E-state index >= 15 is 0 Å². The van der Waals surface area contributed by atoms with Crippen LogP contribution in [0.3, 0.4) is 0 Å². The Morgan fingerprint density at radius 3 is 2.86 bits per heavy atom. The lowest BCUT2D eigenvalue weighted by Crippen LogP contribution is -2.50. The van der Waals surface area contributed by atoms with Crippen LogP contribution in [0.15, 0.2) is 30.3 Å². The van der Waals surface area contributed by atoms with Crippen LogP contribution in [0.2, 0.25) is 0 Å². The first-order chi connectivity index (χ1) is 13.6. The Kier molecular flexibility index (Phi) is 6.76. The molecule has 0 bridgehead atoms. The van der Waals surface area contributed by atoms with Crippen molar-refractivity contribution in [1.29, 1.82) is 0 Å². The van der Waals surface area contributed by atoms with E-state index in [-0.39, 0.29) is 12.5 Å². The van der Waals surface area contributed by atoms with Crippen LogP contribution in [0.5, 0.6) is 0 Å². The molecule has 0 N–H and O–H groups in total. The van der Waals surface area contributed by atoms with Crippen molar-refractivity contribution in [3.05, 3.63) is 35.3 Å². The van der Waals surface area contributed by atoms with Crippen LogP contribution in [-0.4, -0.2) is 53.5 Å². The number of para-hydroxylation sites is 1. The number of rotatable bonds is 6. The summed E-state index contributed by atoms with van der Waals surface area (Å²) in [5.74, 6) is -1.42. The highest BCUT2D eigenvalue weighted by Gasteiger charge is 2.33. The van der Waals surface area contributed by atoms with Crippen molar-refractivity contribution in [3.63, 3.8) is 0 Å². The Balaban J connectivity index is 1.54. The first-order valence-corrected chi connectivity index (χ1v) is 10.1. The van der Waals surface area contributed by atoms with Crippen LogP contribution < -0.4 is 0 Å². The molecular weight excluding hydrogens is 380 g/mol. The Hall–Kier alpha value is -2.74. The number of esters is 2. The summed E-state index contributed by atoms with van der Waals surface area (Å²) in [5, 5.41) is 0.683. The lowest BCUT2D eigenvalue weighted by Gasteiger charge is -2.33. The van der Waals surface area contributed by atoms with Gasteiger partial charge in [-0.1, -0.05) is 12.1 Å². The maximum Gasteiger partial charge on any atom is 0.331 e. The average molecular weight is 402 g/mol. The van der Waals surface area contributed by atoms with E-state index in [0.717, 1.165) is 23.1 Å². The monoisotopic (exact) mass is 402 g/mol. The number of carbonyl (C=O) groups is 3. The number of piperidine rings is 1. The molecule has 1 aliphatic heterocycles. The fourth-order valence-electron chi connectivity index (χ4n) is 3.08. The largest absolute Gasteiger partial charge is 0.464 e. The van der Waals surface area contributed by atoms with Crippen LogP contribution in [0, 0.1) is 0 Å². The summed E-state index contributed by atoms with van der Waals surface area (Å²) in [7, 11) is 0. The van der Waals surface area contributed by atoms with Crippen molar-refractivity contribution in [3.8, 4) is 0 Å². The van der Waals surface area contributed by atoms with Crippen molar-refractivity contribution in [2.45, 2.75) is 32.2 Å². The summed E-state index contributed by atoms with van der Waals surface area (Å²) in [6.07, 6.45) is 5.06. The molecule has 0 spiro atoms. The van der Waals surface area contributed by atoms with Crippen molar-refractivity contribution in [2.75, 3.05) is 19.8 Å². The molecule has 28 heavy (non-hydrogen) atoms. The second-order valence-electron chi connectivity index (χ2n) is 6.31. The Labute approximate surface area is 166 Å². The van der Waals surface area contributed by atoms with Gasteiger partial charge < -0.3 is 14.4 Å². The minimum atomic E-state index is -0.627. The van der Waals surface area contributed by atoms with Crippen molar-refractivity contribution in [2.24, 2.45) is 0 Å². The Morgan fingerprint density at radius 2 is 2.07 bits per heavy atom. The van der Waals surface area contributed by atoms with Gasteiger partial charge in [0, 0.05) is 12.6 Å². The molecule has 2 heterocycles. The van der Waals surface area contributed by atoms with Gasteiger partial charge >= 0.3 is 11.9 Å². The van der Waals surface area contributed by atoms with E-state index < -0.39 is 24.6 Å². The minimum absolute atomic E-state index is 0.267. The number of benzene rings is 1. The highest BCUT2D eigenvalue weighted by Crippen LogP contribution is 2.22. The molecule has 1 amide bonds. The first kappa shape index (κ1) is 20.0. The molecule has 148 valence electrons. The maximum absolute atomic E-state index is 12.4. The summed E-state index contributed by atoms with van der Waals surface area (Å²) in [5.41, 5.74) is 0.866. The van der Waals surface area contributed by atoms with E-state index in [1.165, 1.54) is 22.3 Å². The lowest BCUT2D eigenvalue weighted by molar-refractivity contribution is -0.159. The normalized spacial score (nSPS) is 17.0. The van der Waals surface area contributed by atoms with Crippen molar-refractivity contribution < 1.29 is 23.9 Å². The summed E-state index contributed by atoms with van der Waals surface area (Å²) in [6, 6.07) is 7.09. The average Bonchev–Trinajstić information content (AvgIpc) is 3.13. The van der Waals surface area contributed by atoms with Crippen molar-refractivity contribution >= 4 is 45.5 Å². The summed E-state index contributed by atoms with van der Waals surface area (Å²) < 4.78 is 11.1. The van der Waals surface area contributed by atoms with Gasteiger partial charge in [-0.25, -0.2) is 14.6 Å². The molecule has 1 aliphatic rings. The van der Waals surface area contributed by atoms with Crippen molar-refractivity contribution in [1.82, 2.24) is 9.88 Å². The number of fused-ring (bicyclic) bond motifs is 1. The zero-order valence-corrected chi connectivity index (χ0v) is 16.4. The maximum atomic E-state index is 12.4. The molecule has 8 heteroatoms. The molecule has 1 fully saturated rings. The quantitative estimate of drug-likeness (QED) is 0.546. The number of nitrogens with zero attached hydrogens (tertiary/aromatic N) is 2. The van der Waals surface area contributed by atoms with Crippen LogP contribution in [-0.2, 0) is 23.9 Å². The number of hydrogen-bond acceptors (Lipinski definition) is 7. The van der Waals surface area contributed by atoms with Gasteiger partial charge in [-0.15, -0.1) is 11.3 Å². The molecule has 0 saturated carbocycles. The molecular formula is C20H22N2O5S. The van der Waals surface area contributed by atoms with E-state index in [9.17, 15) is 14.4 Å². The van der Waals surface area contributed by atoms with Crippen LogP contribution in [0.4, 0.5) is 0 Å². The lowest BCUT2D eigenvalue weighted by atomic mass is 10.0. The van der Waals surface area contributed by atoms with Crippen LogP contribution in [0.25, 0.3) is 16.3 Å². The SMILES string of the molecule is CCOC(=O)[C@H]1CCCCN1C(=O)COC(=O)/C=C/c1nc2ccccc2s1. The molecule has 3 rings (SSSR count). The molecule has 1 aromatic heterocycles. The molecule has 0 aliphatic carbocycles. The van der Waals surface area contributed by atoms with E-state index in [4.69, 9.17) is 9.47 Å².